The molecule has 9 heteroatoms. The Kier molecular flexibility index (Phi) is 6.71. The minimum atomic E-state index is -3.54. The standard InChI is InChI=1S/C24H29N3O5S/c1-17(2)15-27-21-14-19(8-11-22(21)32-16-23(27)28)25-24(29)18-6-9-20(10-7-18)33(30,31)26-12-4-3-5-13-26/h6-11,14,17H,3-5,12-13,15-16H2,1-2H3,(H,25,29). The number of amides is 2. The minimum Gasteiger partial charge on any atom is -0.482 e. The molecule has 0 spiro atoms. The first-order valence-corrected chi connectivity index (χ1v) is 12.7. The molecule has 8 nitrogen and oxygen atoms in total. The third-order valence-electron chi connectivity index (χ3n) is 5.78. The van der Waals surface area contributed by atoms with E-state index < -0.39 is 10.0 Å². The van der Waals surface area contributed by atoms with E-state index in [2.05, 4.69) is 5.32 Å². The fourth-order valence-corrected chi connectivity index (χ4v) is 5.60. The van der Waals surface area contributed by atoms with Crippen LogP contribution in [0.1, 0.15) is 43.5 Å². The van der Waals surface area contributed by atoms with E-state index in [0.29, 0.717) is 42.3 Å². The van der Waals surface area contributed by atoms with E-state index in [9.17, 15) is 18.0 Å². The first-order valence-electron chi connectivity index (χ1n) is 11.2. The Morgan fingerprint density at radius 1 is 1.06 bits per heavy atom. The van der Waals surface area contributed by atoms with Crippen LogP contribution in [0.2, 0.25) is 0 Å². The summed E-state index contributed by atoms with van der Waals surface area (Å²) in [7, 11) is -3.54. The number of sulfonamides is 1. The molecule has 0 aliphatic carbocycles. The van der Waals surface area contributed by atoms with Crippen molar-refractivity contribution in [3.63, 3.8) is 0 Å². The van der Waals surface area contributed by atoms with Gasteiger partial charge < -0.3 is 15.0 Å². The average molecular weight is 472 g/mol. The summed E-state index contributed by atoms with van der Waals surface area (Å²) < 4.78 is 32.6. The predicted molar refractivity (Wildman–Crippen MR) is 126 cm³/mol. The molecule has 1 N–H and O–H groups in total. The highest BCUT2D eigenvalue weighted by Gasteiger charge is 2.27. The Labute approximate surface area is 194 Å². The van der Waals surface area contributed by atoms with E-state index in [1.54, 1.807) is 23.1 Å². The number of hydrogen-bond acceptors (Lipinski definition) is 5. The number of benzene rings is 2. The number of hydrogen-bond donors (Lipinski definition) is 1. The van der Waals surface area contributed by atoms with E-state index in [4.69, 9.17) is 4.74 Å². The van der Waals surface area contributed by atoms with E-state index in [0.717, 1.165) is 19.3 Å². The third kappa shape index (κ3) is 5.04. The maximum absolute atomic E-state index is 12.8. The zero-order valence-corrected chi connectivity index (χ0v) is 19.7. The van der Waals surface area contributed by atoms with Crippen molar-refractivity contribution < 1.29 is 22.7 Å². The second-order valence-electron chi connectivity index (χ2n) is 8.81. The van der Waals surface area contributed by atoms with Gasteiger partial charge in [0.1, 0.15) is 5.75 Å². The molecule has 2 aromatic rings. The van der Waals surface area contributed by atoms with Crippen LogP contribution in [0.15, 0.2) is 47.4 Å². The van der Waals surface area contributed by atoms with Crippen LogP contribution in [0.25, 0.3) is 0 Å². The molecular formula is C24H29N3O5S. The number of anilines is 2. The Morgan fingerprint density at radius 2 is 1.76 bits per heavy atom. The summed E-state index contributed by atoms with van der Waals surface area (Å²) >= 11 is 0. The molecule has 0 unspecified atom stereocenters. The maximum Gasteiger partial charge on any atom is 0.265 e. The molecule has 1 fully saturated rings. The van der Waals surface area contributed by atoms with Gasteiger partial charge in [0.05, 0.1) is 10.6 Å². The number of nitrogens with zero attached hydrogens (tertiary/aromatic N) is 2. The van der Waals surface area contributed by atoms with Gasteiger partial charge in [0.25, 0.3) is 11.8 Å². The van der Waals surface area contributed by atoms with Gasteiger partial charge in [0.15, 0.2) is 6.61 Å². The summed E-state index contributed by atoms with van der Waals surface area (Å²) in [5.74, 6) is 0.388. The molecule has 33 heavy (non-hydrogen) atoms. The lowest BCUT2D eigenvalue weighted by Gasteiger charge is -2.31. The number of rotatable bonds is 6. The topological polar surface area (TPSA) is 96.0 Å². The normalized spacial score (nSPS) is 16.9. The number of carbonyl (C=O) groups is 2. The van der Waals surface area contributed by atoms with E-state index >= 15 is 0 Å². The number of nitrogens with one attached hydrogen (secondary N) is 1. The van der Waals surface area contributed by atoms with Crippen molar-refractivity contribution in [3.05, 3.63) is 48.0 Å². The van der Waals surface area contributed by atoms with Gasteiger partial charge in [-0.1, -0.05) is 20.3 Å². The molecule has 0 atom stereocenters. The Hall–Kier alpha value is -2.91. The molecule has 4 rings (SSSR count). The summed E-state index contributed by atoms with van der Waals surface area (Å²) in [6.07, 6.45) is 2.78. The Bertz CT molecular complexity index is 1140. The van der Waals surface area contributed by atoms with E-state index in [1.807, 2.05) is 13.8 Å². The van der Waals surface area contributed by atoms with Crippen LogP contribution in [0.5, 0.6) is 5.75 Å². The van der Waals surface area contributed by atoms with Crippen molar-refractivity contribution in [2.24, 2.45) is 5.92 Å². The van der Waals surface area contributed by atoms with E-state index in [-0.39, 0.29) is 29.2 Å². The molecule has 0 saturated carbocycles. The summed E-state index contributed by atoms with van der Waals surface area (Å²) in [5, 5.41) is 2.83. The molecule has 2 aliphatic heterocycles. The van der Waals surface area contributed by atoms with Crippen molar-refractivity contribution in [2.75, 3.05) is 36.5 Å². The number of piperidine rings is 1. The Morgan fingerprint density at radius 3 is 2.42 bits per heavy atom. The van der Waals surface area contributed by atoms with E-state index in [1.165, 1.54) is 28.6 Å². The molecule has 1 saturated heterocycles. The summed E-state index contributed by atoms with van der Waals surface area (Å²) in [6.45, 7) is 5.68. The van der Waals surface area contributed by atoms with Gasteiger partial charge in [-0.15, -0.1) is 0 Å². The van der Waals surface area contributed by atoms with Gasteiger partial charge >= 0.3 is 0 Å². The van der Waals surface area contributed by atoms with Crippen LogP contribution in [0, 0.1) is 5.92 Å². The van der Waals surface area contributed by atoms with Crippen LogP contribution < -0.4 is 15.0 Å². The molecule has 0 radical (unpaired) electrons. The van der Waals surface area contributed by atoms with Gasteiger partial charge in [0.2, 0.25) is 10.0 Å². The van der Waals surface area contributed by atoms with Gasteiger partial charge in [-0.25, -0.2) is 8.42 Å². The highest BCUT2D eigenvalue weighted by atomic mass is 32.2. The van der Waals surface area contributed by atoms with Crippen molar-refractivity contribution >= 4 is 33.2 Å². The van der Waals surface area contributed by atoms with Crippen LogP contribution in [0.4, 0.5) is 11.4 Å². The number of fused-ring (bicyclic) bond motifs is 1. The largest absolute Gasteiger partial charge is 0.482 e. The second-order valence-corrected chi connectivity index (χ2v) is 10.8. The lowest BCUT2D eigenvalue weighted by Crippen LogP contribution is -2.41. The van der Waals surface area contributed by atoms with Crippen molar-refractivity contribution in [1.29, 1.82) is 0 Å². The van der Waals surface area contributed by atoms with Crippen molar-refractivity contribution in [1.82, 2.24) is 4.31 Å². The monoisotopic (exact) mass is 471 g/mol. The van der Waals surface area contributed by atoms with Gasteiger partial charge in [0, 0.05) is 30.9 Å². The molecular weight excluding hydrogens is 442 g/mol. The minimum absolute atomic E-state index is 0.00187. The first kappa shape index (κ1) is 23.3. The van der Waals surface area contributed by atoms with Crippen LogP contribution in [-0.4, -0.2) is 50.8 Å². The Balaban J connectivity index is 1.50. The molecule has 0 aromatic heterocycles. The lowest BCUT2D eigenvalue weighted by molar-refractivity contribution is -0.121. The molecule has 2 amide bonds. The fraction of sp³-hybridized carbons (Fsp3) is 0.417. The number of carbonyl (C=O) groups excluding carboxylic acids is 2. The average Bonchev–Trinajstić information content (AvgIpc) is 2.81. The van der Waals surface area contributed by atoms with Crippen LogP contribution >= 0.6 is 0 Å². The lowest BCUT2D eigenvalue weighted by atomic mass is 10.1. The smallest absolute Gasteiger partial charge is 0.265 e. The second kappa shape index (κ2) is 9.52. The fourth-order valence-electron chi connectivity index (χ4n) is 4.08. The van der Waals surface area contributed by atoms with Crippen molar-refractivity contribution in [3.8, 4) is 5.75 Å². The molecule has 176 valence electrons. The van der Waals surface area contributed by atoms with Gasteiger partial charge in [-0.05, 0) is 61.2 Å². The third-order valence-corrected chi connectivity index (χ3v) is 7.69. The SMILES string of the molecule is CC(C)CN1C(=O)COc2ccc(NC(=O)c3ccc(S(=O)(=O)N4CCCCC4)cc3)cc21. The summed E-state index contributed by atoms with van der Waals surface area (Å²) in [5.41, 5.74) is 1.49. The van der Waals surface area contributed by atoms with Crippen LogP contribution in [0.3, 0.4) is 0 Å². The molecule has 0 bridgehead atoms. The highest BCUT2D eigenvalue weighted by molar-refractivity contribution is 7.89. The van der Waals surface area contributed by atoms with Gasteiger partial charge in [-0.3, -0.25) is 9.59 Å². The number of ether oxygens (including phenoxy) is 1. The molecule has 2 aromatic carbocycles. The first-order chi connectivity index (χ1) is 15.8. The van der Waals surface area contributed by atoms with Gasteiger partial charge in [-0.2, -0.15) is 4.31 Å². The zero-order valence-electron chi connectivity index (χ0n) is 18.9. The van der Waals surface area contributed by atoms with Crippen LogP contribution in [-0.2, 0) is 14.8 Å². The zero-order chi connectivity index (χ0) is 23.6. The molecule has 2 aliphatic rings. The summed E-state index contributed by atoms with van der Waals surface area (Å²) in [6, 6.07) is 11.2. The summed E-state index contributed by atoms with van der Waals surface area (Å²) in [4.78, 5) is 27.0. The van der Waals surface area contributed by atoms with Crippen molar-refractivity contribution in [2.45, 2.75) is 38.0 Å². The highest BCUT2D eigenvalue weighted by Crippen LogP contribution is 2.35. The maximum atomic E-state index is 12.8. The predicted octanol–water partition coefficient (Wildman–Crippen LogP) is 3.49. The quantitative estimate of drug-likeness (QED) is 0.696. The molecule has 2 heterocycles.